The average Bonchev–Trinajstić information content (AvgIpc) is 2.57. The molecule has 1 rings (SSSR count). The Balaban J connectivity index is 2.67. The van der Waals surface area contributed by atoms with Gasteiger partial charge in [0.15, 0.2) is 0 Å². The first-order chi connectivity index (χ1) is 7.19. The highest BCUT2D eigenvalue weighted by Gasteiger charge is 2.26. The number of halogens is 1. The number of rotatable bonds is 4. The van der Waals surface area contributed by atoms with Crippen LogP contribution >= 0.6 is 23.4 Å². The van der Waals surface area contributed by atoms with Gasteiger partial charge >= 0.3 is 5.97 Å². The van der Waals surface area contributed by atoms with Gasteiger partial charge in [-0.1, -0.05) is 11.8 Å². The van der Waals surface area contributed by atoms with E-state index in [1.807, 2.05) is 0 Å². The molecular formula is C9H12ClNO3S. The summed E-state index contributed by atoms with van der Waals surface area (Å²) < 4.78 is 4.51. The number of ether oxygens (including phenoxy) is 1. The molecule has 15 heavy (non-hydrogen) atoms. The van der Waals surface area contributed by atoms with Gasteiger partial charge in [-0.25, -0.2) is 4.79 Å². The van der Waals surface area contributed by atoms with Crippen molar-refractivity contribution in [1.82, 2.24) is 4.90 Å². The minimum atomic E-state index is -0.442. The molecule has 0 radical (unpaired) electrons. The van der Waals surface area contributed by atoms with Gasteiger partial charge in [-0.15, -0.1) is 11.6 Å². The normalized spacial score (nSPS) is 18.7. The first kappa shape index (κ1) is 12.4. The molecule has 1 fully saturated rings. The van der Waals surface area contributed by atoms with Crippen LogP contribution in [-0.4, -0.2) is 42.1 Å². The van der Waals surface area contributed by atoms with Crippen molar-refractivity contribution in [1.29, 1.82) is 0 Å². The number of esters is 1. The molecule has 0 atom stereocenters. The van der Waals surface area contributed by atoms with Gasteiger partial charge in [0, 0.05) is 12.4 Å². The molecular weight excluding hydrogens is 238 g/mol. The van der Waals surface area contributed by atoms with E-state index in [0.29, 0.717) is 29.6 Å². The minimum Gasteiger partial charge on any atom is -0.466 e. The Morgan fingerprint density at radius 1 is 1.73 bits per heavy atom. The van der Waals surface area contributed by atoms with Gasteiger partial charge < -0.3 is 9.64 Å². The third kappa shape index (κ3) is 3.43. The molecule has 1 aliphatic rings. The Labute approximate surface area is 97.6 Å². The van der Waals surface area contributed by atoms with Crippen LogP contribution < -0.4 is 0 Å². The summed E-state index contributed by atoms with van der Waals surface area (Å²) in [6.45, 7) is 0.554. The number of alkyl halides is 1. The van der Waals surface area contributed by atoms with Crippen molar-refractivity contribution in [2.45, 2.75) is 6.42 Å². The topological polar surface area (TPSA) is 46.6 Å². The highest BCUT2D eigenvalue weighted by molar-refractivity contribution is 8.04. The lowest BCUT2D eigenvalue weighted by Gasteiger charge is -2.15. The van der Waals surface area contributed by atoms with Gasteiger partial charge in [0.2, 0.25) is 5.91 Å². The highest BCUT2D eigenvalue weighted by atomic mass is 35.5. The zero-order valence-electron chi connectivity index (χ0n) is 8.36. The van der Waals surface area contributed by atoms with Gasteiger partial charge in [-0.05, 0) is 6.42 Å². The van der Waals surface area contributed by atoms with Crippen molar-refractivity contribution >= 4 is 35.2 Å². The molecule has 4 nitrogen and oxygen atoms in total. The maximum atomic E-state index is 11.4. The zero-order chi connectivity index (χ0) is 11.3. The van der Waals surface area contributed by atoms with Crippen LogP contribution in [0.1, 0.15) is 6.42 Å². The summed E-state index contributed by atoms with van der Waals surface area (Å²) in [5, 5.41) is 0.650. The zero-order valence-corrected chi connectivity index (χ0v) is 9.94. The van der Waals surface area contributed by atoms with Crippen molar-refractivity contribution in [3.8, 4) is 0 Å². The third-order valence-corrected chi connectivity index (χ3v) is 3.16. The lowest BCUT2D eigenvalue weighted by molar-refractivity contribution is -0.134. The number of thioether (sulfide) groups is 1. The number of carbonyl (C=O) groups is 2. The Hall–Kier alpha value is -0.680. The van der Waals surface area contributed by atoms with Crippen molar-refractivity contribution in [3.63, 3.8) is 0 Å². The first-order valence-electron chi connectivity index (χ1n) is 4.48. The smallest absolute Gasteiger partial charge is 0.333 e. The van der Waals surface area contributed by atoms with Gasteiger partial charge in [0.25, 0.3) is 0 Å². The van der Waals surface area contributed by atoms with E-state index in [0.717, 1.165) is 0 Å². The minimum absolute atomic E-state index is 0.0141. The number of nitrogens with zero attached hydrogens (tertiary/aromatic N) is 1. The van der Waals surface area contributed by atoms with Crippen LogP contribution in [0.3, 0.4) is 0 Å². The van der Waals surface area contributed by atoms with E-state index in [1.54, 1.807) is 4.90 Å². The molecule has 0 N–H and O–H groups in total. The summed E-state index contributed by atoms with van der Waals surface area (Å²) in [5.74, 6) is 0.453. The number of hydrogen-bond donors (Lipinski definition) is 0. The van der Waals surface area contributed by atoms with Crippen LogP contribution in [0, 0.1) is 0 Å². The van der Waals surface area contributed by atoms with E-state index >= 15 is 0 Å². The van der Waals surface area contributed by atoms with E-state index < -0.39 is 5.97 Å². The Morgan fingerprint density at radius 3 is 3.07 bits per heavy atom. The molecule has 1 heterocycles. The van der Waals surface area contributed by atoms with E-state index in [1.165, 1.54) is 24.9 Å². The second-order valence-electron chi connectivity index (χ2n) is 2.88. The predicted molar refractivity (Wildman–Crippen MR) is 59.6 cm³/mol. The number of hydrogen-bond acceptors (Lipinski definition) is 4. The van der Waals surface area contributed by atoms with Crippen molar-refractivity contribution in [2.75, 3.05) is 25.3 Å². The van der Waals surface area contributed by atoms with Gasteiger partial charge in [0.1, 0.15) is 0 Å². The summed E-state index contributed by atoms with van der Waals surface area (Å²) >= 11 is 6.90. The molecule has 0 aromatic heterocycles. The highest BCUT2D eigenvalue weighted by Crippen LogP contribution is 2.28. The van der Waals surface area contributed by atoms with E-state index in [2.05, 4.69) is 4.74 Å². The SMILES string of the molecule is COC(=O)/C=C1\SCC(=O)N1CCCCl. The second kappa shape index (κ2) is 6.02. The molecule has 6 heteroatoms. The van der Waals surface area contributed by atoms with Crippen LogP contribution in [0.5, 0.6) is 0 Å². The maximum absolute atomic E-state index is 11.4. The second-order valence-corrected chi connectivity index (χ2v) is 4.26. The fourth-order valence-corrected chi connectivity index (χ4v) is 2.22. The molecule has 1 aliphatic heterocycles. The maximum Gasteiger partial charge on any atom is 0.333 e. The van der Waals surface area contributed by atoms with E-state index in [4.69, 9.17) is 11.6 Å². The summed E-state index contributed by atoms with van der Waals surface area (Å²) in [7, 11) is 1.31. The van der Waals surface area contributed by atoms with Crippen molar-refractivity contribution < 1.29 is 14.3 Å². The number of methoxy groups -OCH3 is 1. The van der Waals surface area contributed by atoms with Crippen molar-refractivity contribution in [2.24, 2.45) is 0 Å². The van der Waals surface area contributed by atoms with Gasteiger partial charge in [-0.2, -0.15) is 0 Å². The summed E-state index contributed by atoms with van der Waals surface area (Å²) in [4.78, 5) is 24.0. The Morgan fingerprint density at radius 2 is 2.47 bits per heavy atom. The molecule has 0 bridgehead atoms. The third-order valence-electron chi connectivity index (χ3n) is 1.87. The average molecular weight is 250 g/mol. The summed E-state index contributed by atoms with van der Waals surface area (Å²) in [6, 6.07) is 0. The lowest BCUT2D eigenvalue weighted by Crippen LogP contribution is -2.26. The molecule has 0 unspecified atom stereocenters. The standard InChI is InChI=1S/C9H12ClNO3S/c1-14-9(13)5-8-11(4-2-3-10)7(12)6-15-8/h5H,2-4,6H2,1H3/b8-5-. The first-order valence-corrected chi connectivity index (χ1v) is 6.00. The van der Waals surface area contributed by atoms with Crippen LogP contribution in [-0.2, 0) is 14.3 Å². The van der Waals surface area contributed by atoms with Gasteiger partial charge in [-0.3, -0.25) is 4.79 Å². The van der Waals surface area contributed by atoms with Crippen LogP contribution in [0.4, 0.5) is 0 Å². The monoisotopic (exact) mass is 249 g/mol. The Kier molecular flexibility index (Phi) is 4.98. The molecule has 0 aromatic rings. The molecule has 0 aliphatic carbocycles. The predicted octanol–water partition coefficient (Wildman–Crippen LogP) is 1.21. The van der Waals surface area contributed by atoms with E-state index in [-0.39, 0.29) is 5.91 Å². The van der Waals surface area contributed by atoms with Crippen LogP contribution in [0.2, 0.25) is 0 Å². The molecule has 0 saturated carbocycles. The number of carbonyl (C=O) groups excluding carboxylic acids is 2. The van der Waals surface area contributed by atoms with Gasteiger partial charge in [0.05, 0.1) is 24.0 Å². The van der Waals surface area contributed by atoms with Crippen LogP contribution in [0.15, 0.2) is 11.1 Å². The molecule has 1 saturated heterocycles. The quantitative estimate of drug-likeness (QED) is 0.427. The van der Waals surface area contributed by atoms with Crippen LogP contribution in [0.25, 0.3) is 0 Å². The molecule has 1 amide bonds. The lowest BCUT2D eigenvalue weighted by atomic mass is 10.4. The summed E-state index contributed by atoms with van der Waals surface area (Å²) in [5.41, 5.74) is 0. The fourth-order valence-electron chi connectivity index (χ4n) is 1.15. The fraction of sp³-hybridized carbons (Fsp3) is 0.556. The van der Waals surface area contributed by atoms with E-state index in [9.17, 15) is 9.59 Å². The van der Waals surface area contributed by atoms with Crippen molar-refractivity contribution in [3.05, 3.63) is 11.1 Å². The number of amides is 1. The summed E-state index contributed by atoms with van der Waals surface area (Å²) in [6.07, 6.45) is 2.05. The largest absolute Gasteiger partial charge is 0.466 e. The Bertz CT molecular complexity index is 293. The molecule has 0 spiro atoms. The molecule has 0 aromatic carbocycles. The molecule has 84 valence electrons.